The van der Waals surface area contributed by atoms with Gasteiger partial charge in [-0.25, -0.2) is 4.79 Å². The standard InChI is InChI=1S/C17H34NO/c1-6-7-8-9-10-11-12-13-14-15-18(4,5)17(19)16(2)3/h2,6-15H2,1,3-5H3/q+1. The molecule has 0 heterocycles. The van der Waals surface area contributed by atoms with Gasteiger partial charge in [-0.2, -0.15) is 0 Å². The van der Waals surface area contributed by atoms with Crippen LogP contribution in [0.25, 0.3) is 0 Å². The summed E-state index contributed by atoms with van der Waals surface area (Å²) in [6.45, 7) is 8.74. The third-order valence-electron chi connectivity index (χ3n) is 3.74. The monoisotopic (exact) mass is 268 g/mol. The second-order valence-corrected chi connectivity index (χ2v) is 6.32. The lowest BCUT2D eigenvalue weighted by Gasteiger charge is -2.26. The Balaban J connectivity index is 3.53. The molecule has 112 valence electrons. The Morgan fingerprint density at radius 3 is 1.74 bits per heavy atom. The molecule has 0 aliphatic rings. The lowest BCUT2D eigenvalue weighted by molar-refractivity contribution is -0.812. The smallest absolute Gasteiger partial charge is 0.261 e. The van der Waals surface area contributed by atoms with Gasteiger partial charge in [0, 0.05) is 5.57 Å². The molecule has 0 rings (SSSR count). The molecule has 19 heavy (non-hydrogen) atoms. The normalized spacial score (nSPS) is 11.6. The topological polar surface area (TPSA) is 17.1 Å². The zero-order valence-electron chi connectivity index (χ0n) is 13.6. The van der Waals surface area contributed by atoms with Crippen LogP contribution in [-0.2, 0) is 4.79 Å². The Kier molecular flexibility index (Phi) is 9.85. The van der Waals surface area contributed by atoms with Gasteiger partial charge in [0.2, 0.25) is 0 Å². The lowest BCUT2D eigenvalue weighted by Crippen LogP contribution is -2.46. The third kappa shape index (κ3) is 8.99. The van der Waals surface area contributed by atoms with Gasteiger partial charge in [0.15, 0.2) is 0 Å². The van der Waals surface area contributed by atoms with Crippen LogP contribution in [0.15, 0.2) is 12.2 Å². The van der Waals surface area contributed by atoms with Gasteiger partial charge >= 0.3 is 5.91 Å². The molecular formula is C17H34NO+. The molecule has 0 aromatic rings. The van der Waals surface area contributed by atoms with Gasteiger partial charge in [-0.05, 0) is 19.8 Å². The van der Waals surface area contributed by atoms with Crippen LogP contribution in [0.2, 0.25) is 0 Å². The van der Waals surface area contributed by atoms with E-state index >= 15 is 0 Å². The molecule has 2 heteroatoms. The highest BCUT2D eigenvalue weighted by atomic mass is 16.2. The maximum absolute atomic E-state index is 11.9. The van der Waals surface area contributed by atoms with Crippen molar-refractivity contribution in [3.05, 3.63) is 12.2 Å². The number of nitrogens with zero attached hydrogens (tertiary/aromatic N) is 1. The Labute approximate surface area is 120 Å². The van der Waals surface area contributed by atoms with E-state index in [-0.39, 0.29) is 5.91 Å². The van der Waals surface area contributed by atoms with Crippen LogP contribution in [0.3, 0.4) is 0 Å². The van der Waals surface area contributed by atoms with Crippen LogP contribution in [0.5, 0.6) is 0 Å². The summed E-state index contributed by atoms with van der Waals surface area (Å²) in [5.41, 5.74) is 0.668. The number of hydrogen-bond acceptors (Lipinski definition) is 1. The van der Waals surface area contributed by atoms with Crippen LogP contribution < -0.4 is 0 Å². The second-order valence-electron chi connectivity index (χ2n) is 6.32. The summed E-state index contributed by atoms with van der Waals surface area (Å²) in [6, 6.07) is 0. The number of quaternary nitrogens is 1. The summed E-state index contributed by atoms with van der Waals surface area (Å²) in [5.74, 6) is 0.166. The lowest BCUT2D eigenvalue weighted by atomic mass is 10.1. The fourth-order valence-electron chi connectivity index (χ4n) is 2.44. The number of unbranched alkanes of at least 4 members (excludes halogenated alkanes) is 8. The van der Waals surface area contributed by atoms with Crippen molar-refractivity contribution in [3.63, 3.8) is 0 Å². The molecule has 0 aromatic carbocycles. The predicted molar refractivity (Wildman–Crippen MR) is 84.0 cm³/mol. The molecule has 0 spiro atoms. The Hall–Kier alpha value is -0.630. The van der Waals surface area contributed by atoms with Crippen molar-refractivity contribution < 1.29 is 9.28 Å². The quantitative estimate of drug-likeness (QED) is 0.302. The van der Waals surface area contributed by atoms with Crippen molar-refractivity contribution in [1.29, 1.82) is 0 Å². The largest absolute Gasteiger partial charge is 0.340 e. The summed E-state index contributed by atoms with van der Waals surface area (Å²) in [5, 5.41) is 0. The molecule has 0 aliphatic heterocycles. The molecule has 0 aliphatic carbocycles. The van der Waals surface area contributed by atoms with Crippen LogP contribution in [-0.4, -0.2) is 31.0 Å². The fraction of sp³-hybridized carbons (Fsp3) is 0.824. The van der Waals surface area contributed by atoms with E-state index in [1.807, 2.05) is 14.1 Å². The third-order valence-corrected chi connectivity index (χ3v) is 3.74. The maximum Gasteiger partial charge on any atom is 0.340 e. The molecule has 0 unspecified atom stereocenters. The SMILES string of the molecule is C=C(C)C(=O)[N+](C)(C)CCCCCCCCCCC. The van der Waals surface area contributed by atoms with Gasteiger partial charge in [-0.15, -0.1) is 0 Å². The minimum Gasteiger partial charge on any atom is -0.261 e. The second kappa shape index (κ2) is 10.2. The van der Waals surface area contributed by atoms with E-state index in [9.17, 15) is 4.79 Å². The van der Waals surface area contributed by atoms with Gasteiger partial charge in [0.25, 0.3) is 0 Å². The van der Waals surface area contributed by atoms with Gasteiger partial charge in [-0.3, -0.25) is 4.48 Å². The Bertz CT molecular complexity index is 268. The number of carbonyl (C=O) groups excluding carboxylic acids is 1. The molecular weight excluding hydrogens is 234 g/mol. The minimum absolute atomic E-state index is 0.166. The first-order chi connectivity index (χ1) is 8.91. The van der Waals surface area contributed by atoms with Crippen LogP contribution in [0.1, 0.15) is 71.6 Å². The summed E-state index contributed by atoms with van der Waals surface area (Å²) in [4.78, 5) is 11.9. The van der Waals surface area contributed by atoms with Gasteiger partial charge < -0.3 is 0 Å². The van der Waals surface area contributed by atoms with E-state index in [0.717, 1.165) is 13.0 Å². The number of amides is 1. The van der Waals surface area contributed by atoms with Crippen LogP contribution in [0.4, 0.5) is 0 Å². The summed E-state index contributed by atoms with van der Waals surface area (Å²) in [7, 11) is 3.98. The summed E-state index contributed by atoms with van der Waals surface area (Å²) < 4.78 is 0.450. The maximum atomic E-state index is 11.9. The Morgan fingerprint density at radius 2 is 1.32 bits per heavy atom. The van der Waals surface area contributed by atoms with Crippen molar-refractivity contribution in [2.75, 3.05) is 20.6 Å². The fourth-order valence-corrected chi connectivity index (χ4v) is 2.44. The molecule has 0 N–H and O–H groups in total. The van der Waals surface area contributed by atoms with Gasteiger partial charge in [0.1, 0.15) is 0 Å². The highest BCUT2D eigenvalue weighted by Crippen LogP contribution is 2.12. The molecule has 0 bridgehead atoms. The van der Waals surface area contributed by atoms with Crippen molar-refractivity contribution in [3.8, 4) is 0 Å². The number of hydrogen-bond donors (Lipinski definition) is 0. The molecule has 0 radical (unpaired) electrons. The van der Waals surface area contributed by atoms with E-state index in [2.05, 4.69) is 13.5 Å². The summed E-state index contributed by atoms with van der Waals surface area (Å²) in [6.07, 6.45) is 11.9. The van der Waals surface area contributed by atoms with Crippen molar-refractivity contribution >= 4 is 5.91 Å². The summed E-state index contributed by atoms with van der Waals surface area (Å²) >= 11 is 0. The first-order valence-corrected chi connectivity index (χ1v) is 7.95. The number of carbonyl (C=O) groups is 1. The Morgan fingerprint density at radius 1 is 0.895 bits per heavy atom. The van der Waals surface area contributed by atoms with Gasteiger partial charge in [0.05, 0.1) is 20.6 Å². The van der Waals surface area contributed by atoms with E-state index in [0.29, 0.717) is 10.1 Å². The van der Waals surface area contributed by atoms with Gasteiger partial charge in [-0.1, -0.05) is 58.4 Å². The molecule has 0 saturated heterocycles. The van der Waals surface area contributed by atoms with Crippen molar-refractivity contribution in [2.24, 2.45) is 0 Å². The molecule has 0 saturated carbocycles. The van der Waals surface area contributed by atoms with Crippen LogP contribution >= 0.6 is 0 Å². The predicted octanol–water partition coefficient (Wildman–Crippen LogP) is 4.70. The average molecular weight is 268 g/mol. The minimum atomic E-state index is 0.166. The van der Waals surface area contributed by atoms with E-state index in [1.165, 1.54) is 51.4 Å². The first-order valence-electron chi connectivity index (χ1n) is 7.95. The van der Waals surface area contributed by atoms with E-state index in [4.69, 9.17) is 0 Å². The zero-order valence-corrected chi connectivity index (χ0v) is 13.6. The average Bonchev–Trinajstić information content (AvgIpc) is 2.35. The van der Waals surface area contributed by atoms with Crippen molar-refractivity contribution in [2.45, 2.75) is 71.6 Å². The molecule has 0 aromatic heterocycles. The molecule has 2 nitrogen and oxygen atoms in total. The molecule has 1 amide bonds. The van der Waals surface area contributed by atoms with Crippen LogP contribution in [0, 0.1) is 0 Å². The molecule has 0 atom stereocenters. The highest BCUT2D eigenvalue weighted by Gasteiger charge is 2.25. The number of likely N-dealkylation sites (N-methyl/N-ethyl adjacent to an activating group) is 1. The van der Waals surface area contributed by atoms with E-state index in [1.54, 1.807) is 6.92 Å². The first kappa shape index (κ1) is 18.4. The van der Waals surface area contributed by atoms with E-state index < -0.39 is 0 Å². The molecule has 0 fully saturated rings. The van der Waals surface area contributed by atoms with Crippen molar-refractivity contribution in [1.82, 2.24) is 0 Å². The highest BCUT2D eigenvalue weighted by molar-refractivity contribution is 5.86. The zero-order chi connectivity index (χ0) is 14.7. The number of rotatable bonds is 11.